The number of alkyl halides is 3. The molecule has 24 heavy (non-hydrogen) atoms. The molecule has 0 heterocycles. The minimum absolute atomic E-state index is 1.52. The highest BCUT2D eigenvalue weighted by Crippen LogP contribution is 2.31. The lowest BCUT2D eigenvalue weighted by Gasteiger charge is -2.31. The molecule has 0 amide bonds. The molecule has 140 valence electrons. The molecule has 0 aromatic carbocycles. The lowest BCUT2D eigenvalue weighted by Crippen LogP contribution is -2.54. The van der Waals surface area contributed by atoms with Crippen molar-refractivity contribution < 1.29 is 50.5 Å². The fourth-order valence-corrected chi connectivity index (χ4v) is 1.31. The van der Waals surface area contributed by atoms with E-state index in [1.165, 1.54) is 0 Å². The van der Waals surface area contributed by atoms with E-state index in [2.05, 4.69) is 4.74 Å². The standard InChI is InChI=1S/C7H7F7N4O6/c8-7(9,10)5(19)24-3-6(17(11)12,18(13)14)2-1-4(15(20)21)16(22)23/h4H,1-3H2. The summed E-state index contributed by atoms with van der Waals surface area (Å²) in [5.41, 5.74) is -4.05. The van der Waals surface area contributed by atoms with Crippen LogP contribution in [0.5, 0.6) is 0 Å². The van der Waals surface area contributed by atoms with E-state index in [1.54, 1.807) is 0 Å². The van der Waals surface area contributed by atoms with Crippen molar-refractivity contribution in [3.63, 3.8) is 0 Å². The maximum atomic E-state index is 12.7. The summed E-state index contributed by atoms with van der Waals surface area (Å²) in [6.07, 6.45) is -11.7. The molecule has 0 aliphatic rings. The van der Waals surface area contributed by atoms with E-state index in [4.69, 9.17) is 0 Å². The summed E-state index contributed by atoms with van der Waals surface area (Å²) in [6.45, 7) is -2.27. The van der Waals surface area contributed by atoms with Crippen molar-refractivity contribution in [1.82, 2.24) is 10.7 Å². The Morgan fingerprint density at radius 3 is 1.75 bits per heavy atom. The normalized spacial score (nSPS) is 12.8. The second-order valence-electron chi connectivity index (χ2n) is 4.11. The minimum Gasteiger partial charge on any atom is -0.455 e. The zero-order valence-electron chi connectivity index (χ0n) is 11.1. The van der Waals surface area contributed by atoms with Gasteiger partial charge in [0.15, 0.2) is 0 Å². The van der Waals surface area contributed by atoms with Crippen molar-refractivity contribution in [2.24, 2.45) is 0 Å². The number of nitrogens with zero attached hydrogens (tertiary/aromatic N) is 4. The van der Waals surface area contributed by atoms with Crippen LogP contribution in [0, 0.1) is 20.2 Å². The predicted octanol–water partition coefficient (Wildman–Crippen LogP) is 1.59. The first-order valence-corrected chi connectivity index (χ1v) is 5.50. The van der Waals surface area contributed by atoms with Crippen LogP contribution in [-0.2, 0) is 9.53 Å². The van der Waals surface area contributed by atoms with E-state index in [9.17, 15) is 56.1 Å². The molecule has 0 saturated heterocycles. The molecular weight excluding hydrogens is 369 g/mol. The highest BCUT2D eigenvalue weighted by atomic mass is 19.4. The third-order valence-electron chi connectivity index (χ3n) is 2.58. The molecule has 0 aromatic heterocycles. The number of carbonyl (C=O) groups is 1. The lowest BCUT2D eigenvalue weighted by molar-refractivity contribution is -0.743. The largest absolute Gasteiger partial charge is 0.490 e. The molecule has 0 bridgehead atoms. The van der Waals surface area contributed by atoms with Gasteiger partial charge in [-0.3, -0.25) is 20.2 Å². The van der Waals surface area contributed by atoms with Gasteiger partial charge in [-0.2, -0.15) is 13.2 Å². The van der Waals surface area contributed by atoms with Gasteiger partial charge in [-0.1, -0.05) is 17.9 Å². The van der Waals surface area contributed by atoms with Crippen LogP contribution >= 0.6 is 0 Å². The number of carbonyl (C=O) groups excluding carboxylic acids is 1. The quantitative estimate of drug-likeness (QED) is 0.149. The minimum atomic E-state index is -5.68. The number of nitro groups is 2. The molecule has 0 spiro atoms. The summed E-state index contributed by atoms with van der Waals surface area (Å²) in [5.74, 6) is -3.07. The molecule has 0 aliphatic carbocycles. The first-order valence-electron chi connectivity index (χ1n) is 5.50. The molecule has 0 rings (SSSR count). The number of hydrogen-bond donors (Lipinski definition) is 0. The summed E-state index contributed by atoms with van der Waals surface area (Å²) in [4.78, 5) is 27.9. The summed E-state index contributed by atoms with van der Waals surface area (Å²) in [6, 6.07) is 0. The Bertz CT molecular complexity index is 464. The Kier molecular flexibility index (Phi) is 7.23. The summed E-state index contributed by atoms with van der Waals surface area (Å²) in [7, 11) is 0. The lowest BCUT2D eigenvalue weighted by atomic mass is 10.1. The number of esters is 1. The van der Waals surface area contributed by atoms with Crippen LogP contribution in [0.15, 0.2) is 0 Å². The third-order valence-corrected chi connectivity index (χ3v) is 2.58. The second kappa shape index (κ2) is 7.99. The van der Waals surface area contributed by atoms with Crippen molar-refractivity contribution >= 4 is 5.97 Å². The van der Waals surface area contributed by atoms with Crippen LogP contribution in [0.25, 0.3) is 0 Å². The molecular formula is C7H7F7N4O6. The zero-order valence-corrected chi connectivity index (χ0v) is 11.1. The first kappa shape index (κ1) is 21.7. The number of hydrogen-bond acceptors (Lipinski definition) is 8. The maximum absolute atomic E-state index is 12.7. The monoisotopic (exact) mass is 376 g/mol. The van der Waals surface area contributed by atoms with Gasteiger partial charge in [-0.25, -0.2) is 4.79 Å². The number of ether oxygens (including phenoxy) is 1. The van der Waals surface area contributed by atoms with Crippen LogP contribution in [0.3, 0.4) is 0 Å². The van der Waals surface area contributed by atoms with E-state index < -0.39 is 64.0 Å². The van der Waals surface area contributed by atoms with E-state index in [0.717, 1.165) is 0 Å². The Labute approximate surface area is 126 Å². The highest BCUT2D eigenvalue weighted by molar-refractivity contribution is 5.75. The highest BCUT2D eigenvalue weighted by Gasteiger charge is 2.53. The molecule has 0 unspecified atom stereocenters. The average molecular weight is 376 g/mol. The van der Waals surface area contributed by atoms with Crippen molar-refractivity contribution in [2.75, 3.05) is 6.61 Å². The first-order chi connectivity index (χ1) is 10.8. The Balaban J connectivity index is 5.33. The van der Waals surface area contributed by atoms with E-state index in [1.807, 2.05) is 0 Å². The van der Waals surface area contributed by atoms with E-state index in [0.29, 0.717) is 0 Å². The molecule has 0 aliphatic heterocycles. The fraction of sp³-hybridized carbons (Fsp3) is 0.857. The van der Waals surface area contributed by atoms with Crippen LogP contribution in [-0.4, -0.2) is 51.1 Å². The smallest absolute Gasteiger partial charge is 0.455 e. The van der Waals surface area contributed by atoms with Crippen molar-refractivity contribution in [1.29, 1.82) is 0 Å². The fourth-order valence-electron chi connectivity index (χ4n) is 1.31. The maximum Gasteiger partial charge on any atom is 0.490 e. The van der Waals surface area contributed by atoms with Crippen molar-refractivity contribution in [2.45, 2.75) is 30.8 Å². The van der Waals surface area contributed by atoms with E-state index >= 15 is 0 Å². The van der Waals surface area contributed by atoms with Crippen LogP contribution in [0.2, 0.25) is 0 Å². The molecule has 0 radical (unpaired) electrons. The molecule has 0 N–H and O–H groups in total. The molecule has 0 aromatic rings. The molecule has 0 saturated carbocycles. The van der Waals surface area contributed by atoms with Crippen molar-refractivity contribution in [3.8, 4) is 0 Å². The van der Waals surface area contributed by atoms with Gasteiger partial charge in [0.25, 0.3) is 0 Å². The topological polar surface area (TPSA) is 119 Å². The Morgan fingerprint density at radius 1 is 1.04 bits per heavy atom. The van der Waals surface area contributed by atoms with Crippen LogP contribution in [0.4, 0.5) is 31.1 Å². The van der Waals surface area contributed by atoms with E-state index in [-0.39, 0.29) is 0 Å². The average Bonchev–Trinajstić information content (AvgIpc) is 2.39. The van der Waals surface area contributed by atoms with Gasteiger partial charge in [-0.05, 0) is 0 Å². The summed E-state index contributed by atoms with van der Waals surface area (Å²) < 4.78 is 89.8. The molecule has 0 atom stereocenters. The second-order valence-corrected chi connectivity index (χ2v) is 4.11. The van der Waals surface area contributed by atoms with Gasteiger partial charge in [0.05, 0.1) is 27.0 Å². The van der Waals surface area contributed by atoms with Crippen molar-refractivity contribution in [3.05, 3.63) is 20.2 Å². The zero-order chi connectivity index (χ0) is 19.3. The molecule has 17 heteroatoms. The summed E-state index contributed by atoms with van der Waals surface area (Å²) >= 11 is 0. The molecule has 0 fully saturated rings. The van der Waals surface area contributed by atoms with Gasteiger partial charge in [0.2, 0.25) is 5.66 Å². The Hall–Kier alpha value is -2.30. The summed E-state index contributed by atoms with van der Waals surface area (Å²) in [5, 5.41) is 15.9. The van der Waals surface area contributed by atoms with Crippen LogP contribution < -0.4 is 0 Å². The third kappa shape index (κ3) is 5.41. The van der Waals surface area contributed by atoms with Gasteiger partial charge < -0.3 is 4.74 Å². The SMILES string of the molecule is O=C(OCC(CCC([N+](=O)[O-])[N+](=O)[O-])(N(F)F)N(F)F)C(F)(F)F. The Morgan fingerprint density at radius 2 is 1.46 bits per heavy atom. The van der Waals surface area contributed by atoms with Gasteiger partial charge >= 0.3 is 18.3 Å². The number of halogens is 7. The number of rotatable bonds is 9. The van der Waals surface area contributed by atoms with Crippen LogP contribution in [0.1, 0.15) is 12.8 Å². The van der Waals surface area contributed by atoms with Gasteiger partial charge in [0, 0.05) is 6.42 Å². The molecule has 10 nitrogen and oxygen atoms in total. The van der Waals surface area contributed by atoms with Gasteiger partial charge in [-0.15, -0.1) is 0 Å². The van der Waals surface area contributed by atoms with Gasteiger partial charge in [0.1, 0.15) is 6.61 Å². The predicted molar refractivity (Wildman–Crippen MR) is 54.9 cm³/mol.